The summed E-state index contributed by atoms with van der Waals surface area (Å²) in [6, 6.07) is 4.33. The molecule has 0 aliphatic heterocycles. The van der Waals surface area contributed by atoms with Crippen molar-refractivity contribution in [3.05, 3.63) is 24.0 Å². The molecule has 1 unspecified atom stereocenters. The Morgan fingerprint density at radius 1 is 1.32 bits per heavy atom. The SMILES string of the molecule is CCCC(OC)c1noc(-c2ccc(O)c(O)c2)n1. The summed E-state index contributed by atoms with van der Waals surface area (Å²) in [5.41, 5.74) is 0.542. The molecule has 0 radical (unpaired) electrons. The Hall–Kier alpha value is -2.08. The lowest BCUT2D eigenvalue weighted by atomic mass is 10.2. The van der Waals surface area contributed by atoms with Crippen LogP contribution < -0.4 is 0 Å². The van der Waals surface area contributed by atoms with Gasteiger partial charge in [0.15, 0.2) is 11.5 Å². The summed E-state index contributed by atoms with van der Waals surface area (Å²) < 4.78 is 10.4. The molecule has 1 aromatic carbocycles. The highest BCUT2D eigenvalue weighted by atomic mass is 16.5. The summed E-state index contributed by atoms with van der Waals surface area (Å²) in [7, 11) is 1.60. The monoisotopic (exact) mass is 264 g/mol. The van der Waals surface area contributed by atoms with Gasteiger partial charge < -0.3 is 19.5 Å². The van der Waals surface area contributed by atoms with Crippen molar-refractivity contribution in [3.63, 3.8) is 0 Å². The van der Waals surface area contributed by atoms with E-state index in [9.17, 15) is 10.2 Å². The first-order valence-corrected chi connectivity index (χ1v) is 6.04. The maximum Gasteiger partial charge on any atom is 0.258 e. The van der Waals surface area contributed by atoms with Crippen molar-refractivity contribution in [1.29, 1.82) is 0 Å². The van der Waals surface area contributed by atoms with Gasteiger partial charge in [0.05, 0.1) is 0 Å². The third-order valence-electron chi connectivity index (χ3n) is 2.79. The molecule has 0 bridgehead atoms. The minimum absolute atomic E-state index is 0.191. The Balaban J connectivity index is 2.27. The highest BCUT2D eigenvalue weighted by molar-refractivity contribution is 5.58. The average molecular weight is 264 g/mol. The van der Waals surface area contributed by atoms with E-state index in [1.54, 1.807) is 13.2 Å². The van der Waals surface area contributed by atoms with Gasteiger partial charge in [0.25, 0.3) is 5.89 Å². The van der Waals surface area contributed by atoms with Gasteiger partial charge >= 0.3 is 0 Å². The largest absolute Gasteiger partial charge is 0.504 e. The third-order valence-corrected chi connectivity index (χ3v) is 2.79. The molecule has 6 nitrogen and oxygen atoms in total. The smallest absolute Gasteiger partial charge is 0.258 e. The molecule has 2 aromatic rings. The van der Waals surface area contributed by atoms with Crippen LogP contribution in [-0.2, 0) is 4.74 Å². The second kappa shape index (κ2) is 5.71. The Bertz CT molecular complexity index is 553. The van der Waals surface area contributed by atoms with Gasteiger partial charge in [-0.3, -0.25) is 0 Å². The van der Waals surface area contributed by atoms with E-state index in [4.69, 9.17) is 9.26 Å². The number of aromatic hydroxyl groups is 2. The van der Waals surface area contributed by atoms with Crippen molar-refractivity contribution in [2.45, 2.75) is 25.9 Å². The molecule has 19 heavy (non-hydrogen) atoms. The summed E-state index contributed by atoms with van der Waals surface area (Å²) in [6.07, 6.45) is 1.55. The third kappa shape index (κ3) is 2.85. The fourth-order valence-corrected chi connectivity index (χ4v) is 1.75. The second-order valence-electron chi connectivity index (χ2n) is 4.17. The van der Waals surface area contributed by atoms with Gasteiger partial charge in [0.2, 0.25) is 5.82 Å². The van der Waals surface area contributed by atoms with Crippen LogP contribution >= 0.6 is 0 Å². The van der Waals surface area contributed by atoms with E-state index in [-0.39, 0.29) is 23.5 Å². The molecular weight excluding hydrogens is 248 g/mol. The van der Waals surface area contributed by atoms with E-state index < -0.39 is 0 Å². The number of phenols is 2. The van der Waals surface area contributed by atoms with Crippen molar-refractivity contribution in [2.24, 2.45) is 0 Å². The summed E-state index contributed by atoms with van der Waals surface area (Å²) in [5.74, 6) is 0.341. The number of methoxy groups -OCH3 is 1. The molecule has 0 saturated heterocycles. The second-order valence-corrected chi connectivity index (χ2v) is 4.17. The lowest BCUT2D eigenvalue weighted by Crippen LogP contribution is -2.03. The summed E-state index contributed by atoms with van der Waals surface area (Å²) in [5, 5.41) is 22.6. The maximum atomic E-state index is 9.44. The zero-order chi connectivity index (χ0) is 13.8. The number of aromatic nitrogens is 2. The van der Waals surface area contributed by atoms with Crippen molar-refractivity contribution in [2.75, 3.05) is 7.11 Å². The van der Waals surface area contributed by atoms with E-state index in [0.29, 0.717) is 11.4 Å². The van der Waals surface area contributed by atoms with Gasteiger partial charge in [-0.15, -0.1) is 0 Å². The van der Waals surface area contributed by atoms with Crippen molar-refractivity contribution in [3.8, 4) is 23.0 Å². The van der Waals surface area contributed by atoms with Crippen LogP contribution in [0.2, 0.25) is 0 Å². The lowest BCUT2D eigenvalue weighted by molar-refractivity contribution is 0.0854. The van der Waals surface area contributed by atoms with E-state index in [0.717, 1.165) is 12.8 Å². The van der Waals surface area contributed by atoms with Crippen LogP contribution in [-0.4, -0.2) is 27.5 Å². The first-order valence-electron chi connectivity index (χ1n) is 6.04. The Kier molecular flexibility index (Phi) is 4.01. The molecule has 2 N–H and O–H groups in total. The number of hydrogen-bond acceptors (Lipinski definition) is 6. The topological polar surface area (TPSA) is 88.6 Å². The van der Waals surface area contributed by atoms with Crippen LogP contribution in [0, 0.1) is 0 Å². The Morgan fingerprint density at radius 2 is 2.11 bits per heavy atom. The minimum atomic E-state index is -0.228. The predicted octanol–water partition coefficient (Wildman–Crippen LogP) is 2.64. The van der Waals surface area contributed by atoms with Gasteiger partial charge in [0, 0.05) is 12.7 Å². The number of hydrogen-bond donors (Lipinski definition) is 2. The number of phenolic OH excluding ortho intramolecular Hbond substituents is 2. The quantitative estimate of drug-likeness (QED) is 0.807. The van der Waals surface area contributed by atoms with Crippen LogP contribution in [0.15, 0.2) is 22.7 Å². The Labute approximate surface area is 110 Å². The normalized spacial score (nSPS) is 12.5. The van der Waals surface area contributed by atoms with Crippen molar-refractivity contribution in [1.82, 2.24) is 10.1 Å². The van der Waals surface area contributed by atoms with Gasteiger partial charge in [0.1, 0.15) is 6.10 Å². The molecule has 102 valence electrons. The number of rotatable bonds is 5. The minimum Gasteiger partial charge on any atom is -0.504 e. The summed E-state index contributed by atoms with van der Waals surface area (Å²) in [4.78, 5) is 4.25. The van der Waals surface area contributed by atoms with Crippen molar-refractivity contribution >= 4 is 0 Å². The van der Waals surface area contributed by atoms with Gasteiger partial charge in [-0.05, 0) is 24.6 Å². The molecule has 1 atom stereocenters. The standard InChI is InChI=1S/C13H16N2O4/c1-3-4-11(18-2)12-14-13(19-15-12)8-5-6-9(16)10(17)7-8/h5-7,11,16-17H,3-4H2,1-2H3. The fourth-order valence-electron chi connectivity index (χ4n) is 1.75. The maximum absolute atomic E-state index is 9.44. The van der Waals surface area contributed by atoms with E-state index in [1.165, 1.54) is 12.1 Å². The van der Waals surface area contributed by atoms with Gasteiger partial charge in [-0.2, -0.15) is 4.98 Å². The lowest BCUT2D eigenvalue weighted by Gasteiger charge is -2.08. The number of nitrogens with zero attached hydrogens (tertiary/aromatic N) is 2. The molecule has 6 heteroatoms. The molecule has 0 aliphatic carbocycles. The fraction of sp³-hybridized carbons (Fsp3) is 0.385. The number of benzene rings is 1. The van der Waals surface area contributed by atoms with E-state index in [2.05, 4.69) is 10.1 Å². The van der Waals surface area contributed by atoms with Crippen LogP contribution in [0.3, 0.4) is 0 Å². The number of ether oxygens (including phenoxy) is 1. The van der Waals surface area contributed by atoms with Crippen molar-refractivity contribution < 1.29 is 19.5 Å². The zero-order valence-corrected chi connectivity index (χ0v) is 10.8. The predicted molar refractivity (Wildman–Crippen MR) is 67.7 cm³/mol. The van der Waals surface area contributed by atoms with Crippen LogP contribution in [0.1, 0.15) is 31.7 Å². The Morgan fingerprint density at radius 3 is 2.74 bits per heavy atom. The molecule has 2 rings (SSSR count). The summed E-state index contributed by atoms with van der Waals surface area (Å²) in [6.45, 7) is 2.05. The van der Waals surface area contributed by atoms with Gasteiger partial charge in [-0.25, -0.2) is 0 Å². The van der Waals surface area contributed by atoms with E-state index >= 15 is 0 Å². The highest BCUT2D eigenvalue weighted by Crippen LogP contribution is 2.30. The first kappa shape index (κ1) is 13.4. The van der Waals surface area contributed by atoms with Gasteiger partial charge in [-0.1, -0.05) is 18.5 Å². The molecule has 0 saturated carbocycles. The first-order chi connectivity index (χ1) is 9.15. The molecular formula is C13H16N2O4. The van der Waals surface area contributed by atoms with Crippen LogP contribution in [0.25, 0.3) is 11.5 Å². The summed E-state index contributed by atoms with van der Waals surface area (Å²) >= 11 is 0. The zero-order valence-electron chi connectivity index (χ0n) is 10.8. The highest BCUT2D eigenvalue weighted by Gasteiger charge is 2.18. The van der Waals surface area contributed by atoms with E-state index in [1.807, 2.05) is 6.92 Å². The molecule has 1 heterocycles. The molecule has 0 aliphatic rings. The van der Waals surface area contributed by atoms with Crippen LogP contribution in [0.5, 0.6) is 11.5 Å². The molecule has 0 amide bonds. The molecule has 0 spiro atoms. The average Bonchev–Trinajstić information content (AvgIpc) is 2.88. The molecule has 0 fully saturated rings. The van der Waals surface area contributed by atoms with Crippen LogP contribution in [0.4, 0.5) is 0 Å². The molecule has 1 aromatic heterocycles.